The van der Waals surface area contributed by atoms with Gasteiger partial charge in [0.2, 0.25) is 0 Å². The molecule has 120 valence electrons. The minimum absolute atomic E-state index is 0.142. The predicted molar refractivity (Wildman–Crippen MR) is 91.8 cm³/mol. The van der Waals surface area contributed by atoms with E-state index < -0.39 is 0 Å². The molecule has 1 aromatic heterocycles. The van der Waals surface area contributed by atoms with E-state index in [1.165, 1.54) is 42.0 Å². The minimum atomic E-state index is 0.142. The second-order valence-electron chi connectivity index (χ2n) is 7.61. The molecule has 1 N–H and O–H groups in total. The number of aromatic nitrogens is 2. The first-order valence-corrected chi connectivity index (χ1v) is 9.08. The van der Waals surface area contributed by atoms with E-state index in [1.54, 1.807) is 0 Å². The van der Waals surface area contributed by atoms with Crippen LogP contribution in [0.1, 0.15) is 64.6 Å². The van der Waals surface area contributed by atoms with Gasteiger partial charge in [0.1, 0.15) is 0 Å². The van der Waals surface area contributed by atoms with E-state index in [4.69, 9.17) is 0 Å². The third kappa shape index (κ3) is 4.75. The first-order valence-electron chi connectivity index (χ1n) is 8.20. The summed E-state index contributed by atoms with van der Waals surface area (Å²) in [4.78, 5) is 0. The van der Waals surface area contributed by atoms with Gasteiger partial charge >= 0.3 is 0 Å². The Kier molecular flexibility index (Phi) is 5.42. The SMILES string of the molecule is Cc1nn(C)c(SC2CCCC(C)C2)c1CNC(C)(C)C. The van der Waals surface area contributed by atoms with Crippen molar-refractivity contribution in [3.8, 4) is 0 Å². The van der Waals surface area contributed by atoms with E-state index in [0.717, 1.165) is 17.7 Å². The van der Waals surface area contributed by atoms with Crippen molar-refractivity contribution >= 4 is 11.8 Å². The maximum Gasteiger partial charge on any atom is 0.0987 e. The van der Waals surface area contributed by atoms with Gasteiger partial charge in [-0.05, 0) is 46.5 Å². The summed E-state index contributed by atoms with van der Waals surface area (Å²) < 4.78 is 2.08. The maximum absolute atomic E-state index is 4.65. The Bertz CT molecular complexity index is 473. The molecule has 1 aliphatic rings. The topological polar surface area (TPSA) is 29.9 Å². The highest BCUT2D eigenvalue weighted by molar-refractivity contribution is 7.99. The van der Waals surface area contributed by atoms with Crippen molar-refractivity contribution in [1.82, 2.24) is 15.1 Å². The fourth-order valence-electron chi connectivity index (χ4n) is 3.03. The molecule has 0 radical (unpaired) electrons. The van der Waals surface area contributed by atoms with Crippen LogP contribution in [0.3, 0.4) is 0 Å². The van der Waals surface area contributed by atoms with E-state index in [9.17, 15) is 0 Å². The van der Waals surface area contributed by atoms with Crippen molar-refractivity contribution in [2.75, 3.05) is 0 Å². The van der Waals surface area contributed by atoms with Crippen LogP contribution in [0, 0.1) is 12.8 Å². The molecule has 1 aromatic rings. The summed E-state index contributed by atoms with van der Waals surface area (Å²) in [5.74, 6) is 0.877. The lowest BCUT2D eigenvalue weighted by atomic mass is 9.91. The fraction of sp³-hybridized carbons (Fsp3) is 0.824. The highest BCUT2D eigenvalue weighted by Gasteiger charge is 2.24. The van der Waals surface area contributed by atoms with Crippen LogP contribution in [0.5, 0.6) is 0 Å². The first kappa shape index (κ1) is 16.9. The quantitative estimate of drug-likeness (QED) is 0.900. The Morgan fingerprint density at radius 3 is 2.67 bits per heavy atom. The third-order valence-electron chi connectivity index (χ3n) is 4.25. The molecule has 1 heterocycles. The minimum Gasteiger partial charge on any atom is -0.308 e. The normalized spacial score (nSPS) is 23.5. The molecule has 0 bridgehead atoms. The molecule has 21 heavy (non-hydrogen) atoms. The lowest BCUT2D eigenvalue weighted by Gasteiger charge is -2.27. The van der Waals surface area contributed by atoms with E-state index in [0.29, 0.717) is 0 Å². The molecule has 0 amide bonds. The molecular formula is C17H31N3S. The molecule has 0 spiro atoms. The van der Waals surface area contributed by atoms with E-state index in [1.807, 2.05) is 0 Å². The van der Waals surface area contributed by atoms with Crippen LogP contribution >= 0.6 is 11.8 Å². The number of nitrogens with zero attached hydrogens (tertiary/aromatic N) is 2. The number of hydrogen-bond acceptors (Lipinski definition) is 3. The lowest BCUT2D eigenvalue weighted by molar-refractivity contribution is 0.393. The molecule has 0 saturated heterocycles. The molecule has 2 atom stereocenters. The highest BCUT2D eigenvalue weighted by Crippen LogP contribution is 2.38. The van der Waals surface area contributed by atoms with Gasteiger partial charge in [0.15, 0.2) is 0 Å². The van der Waals surface area contributed by atoms with Crippen molar-refractivity contribution in [2.45, 2.75) is 82.7 Å². The summed E-state index contributed by atoms with van der Waals surface area (Å²) in [7, 11) is 2.09. The third-order valence-corrected chi connectivity index (χ3v) is 5.75. The van der Waals surface area contributed by atoms with Gasteiger partial charge in [-0.1, -0.05) is 19.8 Å². The number of thioether (sulfide) groups is 1. The van der Waals surface area contributed by atoms with Gasteiger partial charge in [-0.25, -0.2) is 0 Å². The Labute approximate surface area is 134 Å². The van der Waals surface area contributed by atoms with Gasteiger partial charge in [0.05, 0.1) is 10.7 Å². The lowest BCUT2D eigenvalue weighted by Crippen LogP contribution is -2.35. The largest absolute Gasteiger partial charge is 0.308 e. The van der Waals surface area contributed by atoms with Crippen molar-refractivity contribution in [2.24, 2.45) is 13.0 Å². The van der Waals surface area contributed by atoms with E-state index in [2.05, 4.69) is 68.5 Å². The van der Waals surface area contributed by atoms with Gasteiger partial charge in [-0.2, -0.15) is 5.10 Å². The van der Waals surface area contributed by atoms with Gasteiger partial charge in [0.25, 0.3) is 0 Å². The summed E-state index contributed by atoms with van der Waals surface area (Å²) in [5.41, 5.74) is 2.69. The first-order chi connectivity index (χ1) is 9.76. The van der Waals surface area contributed by atoms with E-state index in [-0.39, 0.29) is 5.54 Å². The van der Waals surface area contributed by atoms with Crippen LogP contribution in [0.25, 0.3) is 0 Å². The van der Waals surface area contributed by atoms with Crippen LogP contribution in [0.2, 0.25) is 0 Å². The van der Waals surface area contributed by atoms with Crippen molar-refractivity contribution < 1.29 is 0 Å². The molecule has 0 aliphatic heterocycles. The van der Waals surface area contributed by atoms with Crippen molar-refractivity contribution in [3.63, 3.8) is 0 Å². The number of nitrogens with one attached hydrogen (secondary N) is 1. The Hall–Kier alpha value is -0.480. The van der Waals surface area contributed by atoms with Crippen LogP contribution in [-0.2, 0) is 13.6 Å². The van der Waals surface area contributed by atoms with Crippen LogP contribution in [-0.4, -0.2) is 20.6 Å². The summed E-state index contributed by atoms with van der Waals surface area (Å²) in [6.45, 7) is 12.1. The molecule has 1 saturated carbocycles. The molecule has 1 fully saturated rings. The standard InChI is InChI=1S/C17H31N3S/c1-12-8-7-9-14(10-12)21-16-15(11-18-17(3,4)5)13(2)19-20(16)6/h12,14,18H,7-11H2,1-6H3. The highest BCUT2D eigenvalue weighted by atomic mass is 32.2. The average molecular weight is 310 g/mol. The maximum atomic E-state index is 4.65. The van der Waals surface area contributed by atoms with Gasteiger partial charge in [-0.3, -0.25) is 4.68 Å². The van der Waals surface area contributed by atoms with Crippen LogP contribution in [0.4, 0.5) is 0 Å². The number of rotatable bonds is 4. The molecule has 4 heteroatoms. The zero-order valence-corrected chi connectivity index (χ0v) is 15.3. The smallest absolute Gasteiger partial charge is 0.0987 e. The fourth-order valence-corrected chi connectivity index (χ4v) is 4.61. The number of hydrogen-bond donors (Lipinski definition) is 1. The summed E-state index contributed by atoms with van der Waals surface area (Å²) in [5, 5.41) is 10.4. The van der Waals surface area contributed by atoms with Gasteiger partial charge in [-0.15, -0.1) is 11.8 Å². The molecule has 1 aliphatic carbocycles. The molecule has 3 nitrogen and oxygen atoms in total. The number of aryl methyl sites for hydroxylation is 2. The average Bonchev–Trinajstić information content (AvgIpc) is 2.61. The second kappa shape index (κ2) is 6.74. The Balaban J connectivity index is 2.10. The Morgan fingerprint density at radius 1 is 1.33 bits per heavy atom. The Morgan fingerprint density at radius 2 is 2.05 bits per heavy atom. The zero-order valence-electron chi connectivity index (χ0n) is 14.5. The van der Waals surface area contributed by atoms with Crippen LogP contribution in [0.15, 0.2) is 5.03 Å². The molecule has 0 aromatic carbocycles. The molecular weight excluding hydrogens is 278 g/mol. The van der Waals surface area contributed by atoms with Crippen molar-refractivity contribution in [3.05, 3.63) is 11.3 Å². The molecule has 2 unspecified atom stereocenters. The summed E-state index contributed by atoms with van der Waals surface area (Å²) >= 11 is 2.05. The van der Waals surface area contributed by atoms with Gasteiger partial charge in [0, 0.05) is 29.9 Å². The van der Waals surface area contributed by atoms with Crippen LogP contribution < -0.4 is 5.32 Å². The predicted octanol–water partition coefficient (Wildman–Crippen LogP) is 4.29. The summed E-state index contributed by atoms with van der Waals surface area (Å²) in [6.07, 6.45) is 5.48. The van der Waals surface area contributed by atoms with Gasteiger partial charge < -0.3 is 5.32 Å². The van der Waals surface area contributed by atoms with Crippen molar-refractivity contribution in [1.29, 1.82) is 0 Å². The molecule has 2 rings (SSSR count). The van der Waals surface area contributed by atoms with E-state index >= 15 is 0 Å². The second-order valence-corrected chi connectivity index (χ2v) is 8.90. The zero-order chi connectivity index (χ0) is 15.6. The summed E-state index contributed by atoms with van der Waals surface area (Å²) in [6, 6.07) is 0. The monoisotopic (exact) mass is 309 g/mol.